The minimum Gasteiger partial charge on any atom is -0.323 e. The number of hydrazone groups is 1. The van der Waals surface area contributed by atoms with E-state index in [1.165, 1.54) is 25.9 Å². The summed E-state index contributed by atoms with van der Waals surface area (Å²) < 4.78 is 0. The molecule has 2 aliphatic heterocycles. The van der Waals surface area contributed by atoms with E-state index in [1.54, 1.807) is 0 Å². The molecule has 0 bridgehead atoms. The molecule has 0 unspecified atom stereocenters. The summed E-state index contributed by atoms with van der Waals surface area (Å²) in [4.78, 5) is 22.4. The minimum atomic E-state index is 0.0625. The number of hydrogen-bond acceptors (Lipinski definition) is 7. The predicted molar refractivity (Wildman–Crippen MR) is 181 cm³/mol. The summed E-state index contributed by atoms with van der Waals surface area (Å²) in [5.41, 5.74) is 1.49. The highest BCUT2D eigenvalue weighted by molar-refractivity contribution is 6.30. The SMILES string of the molecule is CC(C)C(=O)CC(C)(C)CCC(C)(C)CCCN=C/C(CC(C)(C)CCC(C)(C)N1CCN(C2CCNCC2)C1)=N\N. The third kappa shape index (κ3) is 13.1. The first kappa shape index (κ1) is 36.9. The van der Waals surface area contributed by atoms with Crippen LogP contribution >= 0.6 is 0 Å². The Morgan fingerprint density at radius 2 is 1.48 bits per heavy atom. The standard InChI is InChI=1S/C35H68N6O/c1-28(2)31(42)25-34(7,8)16-15-32(3,4)14-11-19-38-26-29(39-36)24-33(5,6)17-18-35(9,10)41-23-22-40(27-41)30-12-20-37-21-13-30/h26,28,30,37H,11-25,27,36H2,1-10H3/b38-26?,39-29-. The molecule has 0 amide bonds. The molecule has 244 valence electrons. The lowest BCUT2D eigenvalue weighted by molar-refractivity contribution is -0.124. The van der Waals surface area contributed by atoms with Crippen LogP contribution in [0, 0.1) is 22.2 Å². The van der Waals surface area contributed by atoms with Gasteiger partial charge in [-0.1, -0.05) is 55.4 Å². The number of hydrogen-bond donors (Lipinski definition) is 2. The van der Waals surface area contributed by atoms with Crippen LogP contribution in [0.4, 0.5) is 0 Å². The van der Waals surface area contributed by atoms with Crippen molar-refractivity contribution in [2.24, 2.45) is 38.1 Å². The second kappa shape index (κ2) is 16.1. The van der Waals surface area contributed by atoms with Gasteiger partial charge in [0, 0.05) is 49.8 Å². The van der Waals surface area contributed by atoms with E-state index in [4.69, 9.17) is 10.8 Å². The Kier molecular flexibility index (Phi) is 14.2. The van der Waals surface area contributed by atoms with E-state index in [9.17, 15) is 4.79 Å². The number of Topliss-reactive ketones (excluding diaryl/α,β-unsaturated/α-hetero) is 1. The van der Waals surface area contributed by atoms with Crippen molar-refractivity contribution in [3.05, 3.63) is 0 Å². The molecular weight excluding hydrogens is 520 g/mol. The van der Waals surface area contributed by atoms with Gasteiger partial charge in [0.1, 0.15) is 5.78 Å². The Bertz CT molecular complexity index is 882. The lowest BCUT2D eigenvalue weighted by Crippen LogP contribution is -2.46. The summed E-state index contributed by atoms with van der Waals surface area (Å²) in [5, 5.41) is 7.61. The second-order valence-corrected chi connectivity index (χ2v) is 16.7. The molecule has 0 spiro atoms. The number of carbonyl (C=O) groups is 1. The number of piperidine rings is 1. The summed E-state index contributed by atoms with van der Waals surface area (Å²) in [6, 6.07) is 0.746. The average Bonchev–Trinajstić information content (AvgIpc) is 3.42. The first-order valence-electron chi connectivity index (χ1n) is 16.9. The Morgan fingerprint density at radius 3 is 2.10 bits per heavy atom. The molecule has 0 aliphatic carbocycles. The number of aliphatic imine (C=N–C) groups is 1. The maximum absolute atomic E-state index is 12.2. The van der Waals surface area contributed by atoms with Crippen molar-refractivity contribution in [3.63, 3.8) is 0 Å². The summed E-state index contributed by atoms with van der Waals surface area (Å²) in [5.74, 6) is 6.32. The highest BCUT2D eigenvalue weighted by Gasteiger charge is 2.36. The van der Waals surface area contributed by atoms with Gasteiger partial charge in [-0.15, -0.1) is 0 Å². The molecule has 0 saturated carbocycles. The Hall–Kier alpha value is -1.31. The minimum absolute atomic E-state index is 0.0625. The fourth-order valence-corrected chi connectivity index (χ4v) is 6.46. The molecule has 3 N–H and O–H groups in total. The molecule has 2 heterocycles. The zero-order chi connectivity index (χ0) is 31.6. The largest absolute Gasteiger partial charge is 0.323 e. The molecule has 7 heteroatoms. The van der Waals surface area contributed by atoms with Gasteiger partial charge < -0.3 is 11.2 Å². The summed E-state index contributed by atoms with van der Waals surface area (Å²) in [6.07, 6.45) is 12.7. The summed E-state index contributed by atoms with van der Waals surface area (Å²) in [6.45, 7) is 29.3. The maximum atomic E-state index is 12.2. The number of rotatable bonds is 18. The van der Waals surface area contributed by atoms with Gasteiger partial charge >= 0.3 is 0 Å². The number of nitrogens with zero attached hydrogens (tertiary/aromatic N) is 4. The van der Waals surface area contributed by atoms with Crippen molar-refractivity contribution < 1.29 is 4.79 Å². The summed E-state index contributed by atoms with van der Waals surface area (Å²) in [7, 11) is 0. The Balaban J connectivity index is 1.74. The van der Waals surface area contributed by atoms with Crippen LogP contribution < -0.4 is 11.2 Å². The van der Waals surface area contributed by atoms with Crippen molar-refractivity contribution in [1.82, 2.24) is 15.1 Å². The fraction of sp³-hybridized carbons (Fsp3) is 0.914. The summed E-state index contributed by atoms with van der Waals surface area (Å²) >= 11 is 0. The molecule has 7 nitrogen and oxygen atoms in total. The molecule has 2 aliphatic rings. The van der Waals surface area contributed by atoms with Crippen LogP contribution in [-0.4, -0.2) is 78.5 Å². The third-order valence-electron chi connectivity index (χ3n) is 10.1. The molecule has 2 fully saturated rings. The molecule has 0 aromatic carbocycles. The maximum Gasteiger partial charge on any atom is 0.135 e. The van der Waals surface area contributed by atoms with Crippen molar-refractivity contribution in [2.45, 2.75) is 145 Å². The highest BCUT2D eigenvalue weighted by atomic mass is 16.1. The average molecular weight is 589 g/mol. The molecule has 0 aromatic rings. The van der Waals surface area contributed by atoms with Crippen molar-refractivity contribution in [2.75, 3.05) is 39.4 Å². The lowest BCUT2D eigenvalue weighted by atomic mass is 9.74. The van der Waals surface area contributed by atoms with Gasteiger partial charge in [-0.25, -0.2) is 0 Å². The smallest absolute Gasteiger partial charge is 0.135 e. The number of carbonyl (C=O) groups excluding carboxylic acids is 1. The van der Waals surface area contributed by atoms with E-state index >= 15 is 0 Å². The van der Waals surface area contributed by atoms with Crippen LogP contribution in [0.25, 0.3) is 0 Å². The Labute approximate surface area is 259 Å². The van der Waals surface area contributed by atoms with Gasteiger partial charge in [-0.3, -0.25) is 19.6 Å². The quantitative estimate of drug-likeness (QED) is 0.0787. The number of ketones is 1. The molecule has 0 radical (unpaired) electrons. The van der Waals surface area contributed by atoms with Crippen molar-refractivity contribution >= 4 is 17.7 Å². The van der Waals surface area contributed by atoms with Crippen LogP contribution in [0.5, 0.6) is 0 Å². The van der Waals surface area contributed by atoms with Crippen LogP contribution in [0.15, 0.2) is 10.1 Å². The van der Waals surface area contributed by atoms with Crippen molar-refractivity contribution in [1.29, 1.82) is 0 Å². The van der Waals surface area contributed by atoms with Gasteiger partial charge in [-0.2, -0.15) is 5.10 Å². The second-order valence-electron chi connectivity index (χ2n) is 16.7. The predicted octanol–water partition coefficient (Wildman–Crippen LogP) is 6.90. The van der Waals surface area contributed by atoms with Gasteiger partial charge in [0.05, 0.1) is 12.4 Å². The lowest BCUT2D eigenvalue weighted by Gasteiger charge is -2.39. The van der Waals surface area contributed by atoms with Crippen LogP contribution in [0.2, 0.25) is 0 Å². The van der Waals surface area contributed by atoms with E-state index in [2.05, 4.69) is 75.6 Å². The van der Waals surface area contributed by atoms with E-state index < -0.39 is 0 Å². The van der Waals surface area contributed by atoms with E-state index in [-0.39, 0.29) is 27.7 Å². The molecule has 2 rings (SSSR count). The van der Waals surface area contributed by atoms with E-state index in [0.29, 0.717) is 12.2 Å². The first-order valence-corrected chi connectivity index (χ1v) is 16.9. The van der Waals surface area contributed by atoms with Gasteiger partial charge in [0.2, 0.25) is 0 Å². The third-order valence-corrected chi connectivity index (χ3v) is 10.1. The number of nitrogens with one attached hydrogen (secondary N) is 1. The topological polar surface area (TPSA) is 86.3 Å². The molecule has 2 saturated heterocycles. The molecule has 42 heavy (non-hydrogen) atoms. The first-order chi connectivity index (χ1) is 19.5. The molecule has 0 aromatic heterocycles. The van der Waals surface area contributed by atoms with Crippen LogP contribution in [-0.2, 0) is 4.79 Å². The monoisotopic (exact) mass is 589 g/mol. The van der Waals surface area contributed by atoms with Gasteiger partial charge in [-0.05, 0) is 101 Å². The van der Waals surface area contributed by atoms with Gasteiger partial charge in [0.25, 0.3) is 0 Å². The van der Waals surface area contributed by atoms with Gasteiger partial charge in [0.15, 0.2) is 0 Å². The molecular formula is C35H68N6O. The van der Waals surface area contributed by atoms with Crippen LogP contribution in [0.1, 0.15) is 133 Å². The van der Waals surface area contributed by atoms with Crippen LogP contribution in [0.3, 0.4) is 0 Å². The highest BCUT2D eigenvalue weighted by Crippen LogP contribution is 2.37. The zero-order valence-corrected chi connectivity index (χ0v) is 29.3. The van der Waals surface area contributed by atoms with E-state index in [1.807, 2.05) is 20.1 Å². The normalized spacial score (nSPS) is 19.5. The van der Waals surface area contributed by atoms with Crippen molar-refractivity contribution in [3.8, 4) is 0 Å². The zero-order valence-electron chi connectivity index (χ0n) is 29.3. The Morgan fingerprint density at radius 1 is 0.881 bits per heavy atom. The fourth-order valence-electron chi connectivity index (χ4n) is 6.46. The number of nitrogens with two attached hydrogens (primary N) is 1. The molecule has 0 atom stereocenters. The van der Waals surface area contributed by atoms with E-state index in [0.717, 1.165) is 83.0 Å².